The van der Waals surface area contributed by atoms with Gasteiger partial charge in [-0.15, -0.1) is 0 Å². The first-order valence-electron chi connectivity index (χ1n) is 6.96. The topological polar surface area (TPSA) is 56.2 Å². The van der Waals surface area contributed by atoms with Crippen LogP contribution in [0.2, 0.25) is 0 Å². The number of ether oxygens (including phenoxy) is 1. The number of fused-ring (bicyclic) bond motifs is 1. The van der Waals surface area contributed by atoms with E-state index in [1.54, 1.807) is 6.07 Å². The van der Waals surface area contributed by atoms with Gasteiger partial charge in [0.05, 0.1) is 17.9 Å². The van der Waals surface area contributed by atoms with E-state index >= 15 is 0 Å². The van der Waals surface area contributed by atoms with E-state index in [-0.39, 0.29) is 5.56 Å². The third-order valence-corrected chi connectivity index (χ3v) is 3.89. The number of hydrogen-bond donors (Lipinski definition) is 1. The van der Waals surface area contributed by atoms with E-state index in [1.165, 1.54) is 4.68 Å². The Bertz CT molecular complexity index is 682. The summed E-state index contributed by atoms with van der Waals surface area (Å²) in [5, 5.41) is 7.62. The van der Waals surface area contributed by atoms with Gasteiger partial charge in [0.2, 0.25) is 0 Å². The van der Waals surface area contributed by atoms with Gasteiger partial charge in [-0.1, -0.05) is 15.9 Å². The monoisotopic (exact) mass is 349 g/mol. The molecule has 2 heterocycles. The van der Waals surface area contributed by atoms with Gasteiger partial charge in [0.1, 0.15) is 12.4 Å². The number of aromatic nitrogens is 2. The molecule has 0 spiro atoms. The maximum atomic E-state index is 12.0. The molecule has 1 aliphatic heterocycles. The summed E-state index contributed by atoms with van der Waals surface area (Å²) in [5.41, 5.74) is 1.74. The van der Waals surface area contributed by atoms with E-state index in [0.29, 0.717) is 13.2 Å². The minimum absolute atomic E-state index is 0.0949. The van der Waals surface area contributed by atoms with Crippen molar-refractivity contribution in [2.24, 2.45) is 0 Å². The predicted octanol–water partition coefficient (Wildman–Crippen LogP) is 2.44. The van der Waals surface area contributed by atoms with Gasteiger partial charge in [-0.2, -0.15) is 5.10 Å². The summed E-state index contributed by atoms with van der Waals surface area (Å²) in [6, 6.07) is 9.24. The molecule has 1 aromatic heterocycles. The van der Waals surface area contributed by atoms with Gasteiger partial charge in [0.15, 0.2) is 0 Å². The van der Waals surface area contributed by atoms with Crippen LogP contribution >= 0.6 is 15.9 Å². The number of nitrogens with one attached hydrogen (secondary N) is 1. The van der Waals surface area contributed by atoms with Gasteiger partial charge in [-0.25, -0.2) is 4.68 Å². The Balaban J connectivity index is 1.65. The average Bonchev–Trinajstić information content (AvgIpc) is 2.50. The molecule has 0 bridgehead atoms. The SMILES string of the molecule is O=c1cc2c(nn1CCOc1ccc(Br)cc1)CCCN2. The first-order chi connectivity index (χ1) is 10.2. The second-order valence-corrected chi connectivity index (χ2v) is 5.81. The van der Waals surface area contributed by atoms with Crippen LogP contribution in [0, 0.1) is 0 Å². The Morgan fingerprint density at radius 3 is 2.95 bits per heavy atom. The Hall–Kier alpha value is -1.82. The molecule has 0 saturated heterocycles. The molecule has 2 aromatic rings. The standard InChI is InChI=1S/C15H16BrN3O2/c16-11-3-5-12(6-4-11)21-9-8-19-15(20)10-14-13(18-19)2-1-7-17-14/h3-6,10,17H,1-2,7-9H2. The fraction of sp³-hybridized carbons (Fsp3) is 0.333. The van der Waals surface area contributed by atoms with Crippen LogP contribution in [0.5, 0.6) is 5.75 Å². The van der Waals surface area contributed by atoms with Crippen molar-refractivity contribution in [3.05, 3.63) is 50.9 Å². The molecular formula is C15H16BrN3O2. The second-order valence-electron chi connectivity index (χ2n) is 4.90. The van der Waals surface area contributed by atoms with Crippen molar-refractivity contribution in [2.45, 2.75) is 19.4 Å². The number of nitrogens with zero attached hydrogens (tertiary/aromatic N) is 2. The van der Waals surface area contributed by atoms with Crippen LogP contribution in [0.1, 0.15) is 12.1 Å². The Morgan fingerprint density at radius 2 is 2.14 bits per heavy atom. The number of hydrogen-bond acceptors (Lipinski definition) is 4. The Kier molecular flexibility index (Phi) is 4.24. The summed E-state index contributed by atoms with van der Waals surface area (Å²) in [6.45, 7) is 1.77. The van der Waals surface area contributed by atoms with E-state index in [2.05, 4.69) is 26.3 Å². The van der Waals surface area contributed by atoms with Crippen molar-refractivity contribution >= 4 is 21.6 Å². The number of anilines is 1. The van der Waals surface area contributed by atoms with Gasteiger partial charge >= 0.3 is 0 Å². The van der Waals surface area contributed by atoms with Gasteiger partial charge in [0.25, 0.3) is 5.56 Å². The summed E-state index contributed by atoms with van der Waals surface area (Å²) in [4.78, 5) is 12.0. The molecule has 5 nitrogen and oxygen atoms in total. The number of benzene rings is 1. The normalized spacial score (nSPS) is 13.4. The van der Waals surface area contributed by atoms with Gasteiger partial charge in [0, 0.05) is 17.1 Å². The fourth-order valence-electron chi connectivity index (χ4n) is 2.29. The molecule has 0 fully saturated rings. The molecule has 0 unspecified atom stereocenters. The third kappa shape index (κ3) is 3.44. The zero-order chi connectivity index (χ0) is 14.7. The van der Waals surface area contributed by atoms with Crippen LogP contribution in [-0.2, 0) is 13.0 Å². The van der Waals surface area contributed by atoms with Crippen molar-refractivity contribution in [3.8, 4) is 5.75 Å². The van der Waals surface area contributed by atoms with Crippen molar-refractivity contribution in [1.29, 1.82) is 0 Å². The number of halogens is 1. The molecule has 1 N–H and O–H groups in total. The third-order valence-electron chi connectivity index (χ3n) is 3.37. The lowest BCUT2D eigenvalue weighted by atomic mass is 10.1. The highest BCUT2D eigenvalue weighted by molar-refractivity contribution is 9.10. The smallest absolute Gasteiger partial charge is 0.268 e. The fourth-order valence-corrected chi connectivity index (χ4v) is 2.55. The molecule has 110 valence electrons. The molecule has 21 heavy (non-hydrogen) atoms. The first-order valence-corrected chi connectivity index (χ1v) is 7.75. The van der Waals surface area contributed by atoms with E-state index in [9.17, 15) is 4.79 Å². The van der Waals surface area contributed by atoms with E-state index in [0.717, 1.165) is 41.0 Å². The Morgan fingerprint density at radius 1 is 1.33 bits per heavy atom. The molecule has 6 heteroatoms. The molecule has 0 radical (unpaired) electrons. The molecule has 0 saturated carbocycles. The highest BCUT2D eigenvalue weighted by Crippen LogP contribution is 2.17. The molecule has 0 amide bonds. The summed E-state index contributed by atoms with van der Waals surface area (Å²) in [5.74, 6) is 0.783. The van der Waals surface area contributed by atoms with Crippen LogP contribution < -0.4 is 15.6 Å². The molecule has 0 atom stereocenters. The predicted molar refractivity (Wildman–Crippen MR) is 84.9 cm³/mol. The largest absolute Gasteiger partial charge is 0.492 e. The summed E-state index contributed by atoms with van der Waals surface area (Å²) < 4.78 is 8.11. The quantitative estimate of drug-likeness (QED) is 0.920. The molecule has 1 aromatic carbocycles. The number of rotatable bonds is 4. The van der Waals surface area contributed by atoms with Crippen LogP contribution in [0.3, 0.4) is 0 Å². The highest BCUT2D eigenvalue weighted by Gasteiger charge is 2.12. The summed E-state index contributed by atoms with van der Waals surface area (Å²) >= 11 is 3.38. The van der Waals surface area contributed by atoms with Crippen molar-refractivity contribution < 1.29 is 4.74 Å². The van der Waals surface area contributed by atoms with Crippen molar-refractivity contribution in [1.82, 2.24) is 9.78 Å². The highest BCUT2D eigenvalue weighted by atomic mass is 79.9. The van der Waals surface area contributed by atoms with Crippen LogP contribution in [0.4, 0.5) is 5.69 Å². The second kappa shape index (κ2) is 6.30. The van der Waals surface area contributed by atoms with Crippen molar-refractivity contribution in [3.63, 3.8) is 0 Å². The molecule has 3 rings (SSSR count). The van der Waals surface area contributed by atoms with Crippen LogP contribution in [-0.4, -0.2) is 22.9 Å². The maximum absolute atomic E-state index is 12.0. The maximum Gasteiger partial charge on any atom is 0.268 e. The van der Waals surface area contributed by atoms with Crippen molar-refractivity contribution in [2.75, 3.05) is 18.5 Å². The van der Waals surface area contributed by atoms with E-state index < -0.39 is 0 Å². The van der Waals surface area contributed by atoms with E-state index in [1.807, 2.05) is 24.3 Å². The zero-order valence-corrected chi connectivity index (χ0v) is 13.1. The minimum atomic E-state index is -0.0949. The lowest BCUT2D eigenvalue weighted by molar-refractivity contribution is 0.287. The van der Waals surface area contributed by atoms with Gasteiger partial charge in [-0.05, 0) is 37.1 Å². The molecular weight excluding hydrogens is 334 g/mol. The first kappa shape index (κ1) is 14.1. The molecule has 0 aliphatic carbocycles. The van der Waals surface area contributed by atoms with Gasteiger partial charge < -0.3 is 10.1 Å². The van der Waals surface area contributed by atoms with Crippen LogP contribution in [0.15, 0.2) is 39.6 Å². The summed E-state index contributed by atoms with van der Waals surface area (Å²) in [6.07, 6.45) is 1.96. The minimum Gasteiger partial charge on any atom is -0.492 e. The van der Waals surface area contributed by atoms with Crippen LogP contribution in [0.25, 0.3) is 0 Å². The number of aryl methyl sites for hydroxylation is 1. The Labute approximate surface area is 131 Å². The zero-order valence-electron chi connectivity index (χ0n) is 11.5. The lowest BCUT2D eigenvalue weighted by Gasteiger charge is -2.17. The van der Waals surface area contributed by atoms with Gasteiger partial charge in [-0.3, -0.25) is 4.79 Å². The lowest BCUT2D eigenvalue weighted by Crippen LogP contribution is -2.29. The molecule has 1 aliphatic rings. The summed E-state index contributed by atoms with van der Waals surface area (Å²) in [7, 11) is 0. The average molecular weight is 350 g/mol. The van der Waals surface area contributed by atoms with E-state index in [4.69, 9.17) is 4.74 Å².